The van der Waals surface area contributed by atoms with E-state index in [1.807, 2.05) is 6.92 Å². The minimum absolute atomic E-state index is 0.287. The number of hydrogen-bond acceptors (Lipinski definition) is 1. The Bertz CT molecular complexity index is 347. The highest BCUT2D eigenvalue weighted by atomic mass is 19.1. The monoisotopic (exact) mass is 178 g/mol. The quantitative estimate of drug-likeness (QED) is 0.632. The van der Waals surface area contributed by atoms with Crippen LogP contribution in [0.15, 0.2) is 18.2 Å². The van der Waals surface area contributed by atoms with E-state index in [9.17, 15) is 4.39 Å². The Morgan fingerprint density at radius 2 is 2.23 bits per heavy atom. The van der Waals surface area contributed by atoms with Gasteiger partial charge in [0.15, 0.2) is 0 Å². The lowest BCUT2D eigenvalue weighted by atomic mass is 10.2. The van der Waals surface area contributed by atoms with E-state index in [1.54, 1.807) is 13.0 Å². The molecular formula is C11H11FO. The SMILES string of the molecule is CC#CCOc1cc(F)ccc1C. The molecule has 0 N–H and O–H groups in total. The maximum Gasteiger partial charge on any atom is 0.149 e. The van der Waals surface area contributed by atoms with Gasteiger partial charge in [-0.3, -0.25) is 0 Å². The van der Waals surface area contributed by atoms with Crippen LogP contribution in [0.2, 0.25) is 0 Å². The van der Waals surface area contributed by atoms with Gasteiger partial charge in [-0.2, -0.15) is 0 Å². The fourth-order valence-corrected chi connectivity index (χ4v) is 0.915. The molecule has 68 valence electrons. The second kappa shape index (κ2) is 4.51. The third-order valence-corrected chi connectivity index (χ3v) is 1.63. The topological polar surface area (TPSA) is 9.23 Å². The molecule has 0 saturated carbocycles. The number of halogens is 1. The second-order valence-electron chi connectivity index (χ2n) is 2.63. The lowest BCUT2D eigenvalue weighted by Crippen LogP contribution is -1.96. The van der Waals surface area contributed by atoms with Gasteiger partial charge in [0.05, 0.1) is 0 Å². The van der Waals surface area contributed by atoms with Crippen molar-refractivity contribution in [3.05, 3.63) is 29.6 Å². The fourth-order valence-electron chi connectivity index (χ4n) is 0.915. The molecule has 1 rings (SSSR count). The van der Waals surface area contributed by atoms with Crippen molar-refractivity contribution >= 4 is 0 Å². The summed E-state index contributed by atoms with van der Waals surface area (Å²) < 4.78 is 18.0. The molecule has 0 atom stereocenters. The lowest BCUT2D eigenvalue weighted by Gasteiger charge is -2.05. The van der Waals surface area contributed by atoms with Crippen molar-refractivity contribution < 1.29 is 9.13 Å². The van der Waals surface area contributed by atoms with Crippen LogP contribution in [0.5, 0.6) is 5.75 Å². The first-order chi connectivity index (χ1) is 6.24. The normalized spacial score (nSPS) is 8.85. The van der Waals surface area contributed by atoms with Gasteiger partial charge in [-0.15, -0.1) is 5.92 Å². The standard InChI is InChI=1S/C11H11FO/c1-3-4-7-13-11-8-10(12)6-5-9(11)2/h5-6,8H,7H2,1-2H3. The van der Waals surface area contributed by atoms with E-state index in [0.717, 1.165) is 5.56 Å². The van der Waals surface area contributed by atoms with E-state index in [4.69, 9.17) is 4.74 Å². The summed E-state index contributed by atoms with van der Waals surface area (Å²) in [6.45, 7) is 3.91. The summed E-state index contributed by atoms with van der Waals surface area (Å²) in [7, 11) is 0. The number of benzene rings is 1. The minimum Gasteiger partial charge on any atom is -0.481 e. The van der Waals surface area contributed by atoms with Gasteiger partial charge in [-0.05, 0) is 25.5 Å². The smallest absolute Gasteiger partial charge is 0.149 e. The van der Waals surface area contributed by atoms with Crippen LogP contribution in [0.4, 0.5) is 4.39 Å². The Labute approximate surface area is 77.5 Å². The summed E-state index contributed by atoms with van der Waals surface area (Å²) in [6.07, 6.45) is 0. The lowest BCUT2D eigenvalue weighted by molar-refractivity contribution is 0.365. The van der Waals surface area contributed by atoms with Crippen molar-refractivity contribution in [3.63, 3.8) is 0 Å². The summed E-state index contributed by atoms with van der Waals surface area (Å²) >= 11 is 0. The van der Waals surface area contributed by atoms with Gasteiger partial charge in [0.2, 0.25) is 0 Å². The van der Waals surface area contributed by atoms with Crippen molar-refractivity contribution in [1.82, 2.24) is 0 Å². The summed E-state index contributed by atoms with van der Waals surface area (Å²) in [4.78, 5) is 0. The van der Waals surface area contributed by atoms with Gasteiger partial charge in [-0.1, -0.05) is 12.0 Å². The maximum absolute atomic E-state index is 12.7. The molecule has 2 heteroatoms. The van der Waals surface area contributed by atoms with E-state index < -0.39 is 0 Å². The van der Waals surface area contributed by atoms with Gasteiger partial charge >= 0.3 is 0 Å². The molecular weight excluding hydrogens is 167 g/mol. The van der Waals surface area contributed by atoms with Crippen molar-refractivity contribution in [2.24, 2.45) is 0 Å². The Morgan fingerprint density at radius 3 is 2.92 bits per heavy atom. The molecule has 0 heterocycles. The number of rotatable bonds is 2. The summed E-state index contributed by atoms with van der Waals surface area (Å²) in [5, 5.41) is 0. The van der Waals surface area contributed by atoms with Gasteiger partial charge in [0, 0.05) is 6.07 Å². The summed E-state index contributed by atoms with van der Waals surface area (Å²) in [5.74, 6) is 5.72. The molecule has 0 fully saturated rings. The number of hydrogen-bond donors (Lipinski definition) is 0. The van der Waals surface area contributed by atoms with Gasteiger partial charge in [0.1, 0.15) is 18.2 Å². The highest BCUT2D eigenvalue weighted by Gasteiger charge is 1.99. The Morgan fingerprint density at radius 1 is 1.46 bits per heavy atom. The number of ether oxygens (including phenoxy) is 1. The van der Waals surface area contributed by atoms with E-state index in [1.165, 1.54) is 12.1 Å². The zero-order chi connectivity index (χ0) is 9.68. The Kier molecular flexibility index (Phi) is 3.33. The van der Waals surface area contributed by atoms with Crippen LogP contribution in [0.3, 0.4) is 0 Å². The first-order valence-electron chi connectivity index (χ1n) is 4.02. The second-order valence-corrected chi connectivity index (χ2v) is 2.63. The predicted octanol–water partition coefficient (Wildman–Crippen LogP) is 2.54. The average molecular weight is 178 g/mol. The van der Waals surface area contributed by atoms with E-state index in [0.29, 0.717) is 12.4 Å². The van der Waals surface area contributed by atoms with Crippen LogP contribution in [-0.4, -0.2) is 6.61 Å². The first kappa shape index (κ1) is 9.60. The third-order valence-electron chi connectivity index (χ3n) is 1.63. The van der Waals surface area contributed by atoms with E-state index in [-0.39, 0.29) is 5.82 Å². The zero-order valence-electron chi connectivity index (χ0n) is 7.73. The highest BCUT2D eigenvalue weighted by Crippen LogP contribution is 2.18. The minimum atomic E-state index is -0.287. The van der Waals surface area contributed by atoms with Crippen LogP contribution in [0.25, 0.3) is 0 Å². The number of aryl methyl sites for hydroxylation is 1. The van der Waals surface area contributed by atoms with Crippen molar-refractivity contribution in [1.29, 1.82) is 0 Å². The van der Waals surface area contributed by atoms with Gasteiger partial charge in [0.25, 0.3) is 0 Å². The summed E-state index contributed by atoms with van der Waals surface area (Å²) in [6, 6.07) is 4.46. The Balaban J connectivity index is 2.73. The molecule has 13 heavy (non-hydrogen) atoms. The van der Waals surface area contributed by atoms with Gasteiger partial charge in [-0.25, -0.2) is 4.39 Å². The fraction of sp³-hybridized carbons (Fsp3) is 0.273. The van der Waals surface area contributed by atoms with Crippen LogP contribution in [0.1, 0.15) is 12.5 Å². The van der Waals surface area contributed by atoms with Crippen LogP contribution in [0, 0.1) is 24.6 Å². The molecule has 0 aromatic heterocycles. The molecule has 0 radical (unpaired) electrons. The molecule has 0 bridgehead atoms. The van der Waals surface area contributed by atoms with E-state index in [2.05, 4.69) is 11.8 Å². The van der Waals surface area contributed by atoms with Crippen molar-refractivity contribution in [2.45, 2.75) is 13.8 Å². The molecule has 0 aliphatic rings. The molecule has 0 saturated heterocycles. The molecule has 0 aliphatic heterocycles. The molecule has 0 unspecified atom stereocenters. The zero-order valence-corrected chi connectivity index (χ0v) is 7.73. The largest absolute Gasteiger partial charge is 0.481 e. The molecule has 0 amide bonds. The molecule has 0 spiro atoms. The predicted molar refractivity (Wildman–Crippen MR) is 50.1 cm³/mol. The van der Waals surface area contributed by atoms with E-state index >= 15 is 0 Å². The van der Waals surface area contributed by atoms with Crippen LogP contribution in [-0.2, 0) is 0 Å². The average Bonchev–Trinajstić information content (AvgIpc) is 2.11. The molecule has 1 nitrogen and oxygen atoms in total. The van der Waals surface area contributed by atoms with Crippen LogP contribution < -0.4 is 4.74 Å². The van der Waals surface area contributed by atoms with Crippen LogP contribution >= 0.6 is 0 Å². The van der Waals surface area contributed by atoms with Crippen molar-refractivity contribution in [2.75, 3.05) is 6.61 Å². The van der Waals surface area contributed by atoms with Gasteiger partial charge < -0.3 is 4.74 Å². The van der Waals surface area contributed by atoms with Crippen molar-refractivity contribution in [3.8, 4) is 17.6 Å². The summed E-state index contributed by atoms with van der Waals surface area (Å²) in [5.41, 5.74) is 0.916. The molecule has 0 aliphatic carbocycles. The molecule has 1 aromatic carbocycles. The maximum atomic E-state index is 12.7. The Hall–Kier alpha value is -1.49. The first-order valence-corrected chi connectivity index (χ1v) is 4.02. The third kappa shape index (κ3) is 2.79. The molecule has 1 aromatic rings. The highest BCUT2D eigenvalue weighted by molar-refractivity contribution is 5.32.